The first kappa shape index (κ1) is 12.8. The van der Waals surface area contributed by atoms with Crippen LogP contribution in [0.3, 0.4) is 0 Å². The molecule has 0 fully saturated rings. The molecule has 102 valence electrons. The highest BCUT2D eigenvalue weighted by molar-refractivity contribution is 5.98. The molecule has 0 amide bonds. The average Bonchev–Trinajstić information content (AvgIpc) is 2.88. The molecule has 1 aromatic heterocycles. The van der Waals surface area contributed by atoms with E-state index >= 15 is 0 Å². The molecule has 0 aliphatic heterocycles. The van der Waals surface area contributed by atoms with Gasteiger partial charge in [0.15, 0.2) is 0 Å². The first-order chi connectivity index (χ1) is 9.81. The number of rotatable bonds is 4. The molecule has 1 heterocycles. The molecule has 0 atom stereocenters. The first-order valence-corrected chi connectivity index (χ1v) is 6.77. The normalized spacial score (nSPS) is 10.9. The number of nitrogens with zero attached hydrogens (tertiary/aromatic N) is 1. The van der Waals surface area contributed by atoms with Crippen LogP contribution in [0.2, 0.25) is 0 Å². The van der Waals surface area contributed by atoms with Crippen LogP contribution in [0.15, 0.2) is 54.7 Å². The third-order valence-electron chi connectivity index (χ3n) is 3.45. The molecule has 0 unspecified atom stereocenters. The zero-order valence-corrected chi connectivity index (χ0v) is 11.5. The van der Waals surface area contributed by atoms with E-state index in [2.05, 4.69) is 54.2 Å². The van der Waals surface area contributed by atoms with Gasteiger partial charge in [-0.1, -0.05) is 30.3 Å². The standard InChI is InChI=1S/C17H18N2O/c1-19-11-9-15-16(20-12-10-18)8-7-14(17(15)19)13-5-3-2-4-6-13/h2-9,11H,10,12,18H2,1H3. The first-order valence-electron chi connectivity index (χ1n) is 6.77. The van der Waals surface area contributed by atoms with Crippen LogP contribution in [0.1, 0.15) is 0 Å². The summed E-state index contributed by atoms with van der Waals surface area (Å²) in [7, 11) is 2.06. The second-order valence-corrected chi connectivity index (χ2v) is 4.80. The van der Waals surface area contributed by atoms with Crippen molar-refractivity contribution in [3.8, 4) is 16.9 Å². The van der Waals surface area contributed by atoms with Gasteiger partial charge in [-0.25, -0.2) is 0 Å². The van der Waals surface area contributed by atoms with Gasteiger partial charge in [-0.2, -0.15) is 0 Å². The Bertz CT molecular complexity index is 716. The van der Waals surface area contributed by atoms with Crippen molar-refractivity contribution >= 4 is 10.9 Å². The van der Waals surface area contributed by atoms with Crippen LogP contribution < -0.4 is 10.5 Å². The molecule has 2 N–H and O–H groups in total. The van der Waals surface area contributed by atoms with E-state index in [0.717, 1.165) is 11.1 Å². The molecular weight excluding hydrogens is 248 g/mol. The van der Waals surface area contributed by atoms with Gasteiger partial charge in [0.05, 0.1) is 5.52 Å². The Labute approximate surface area is 118 Å². The molecule has 0 saturated carbocycles. The molecule has 3 nitrogen and oxygen atoms in total. The van der Waals surface area contributed by atoms with Gasteiger partial charge in [0.1, 0.15) is 12.4 Å². The summed E-state index contributed by atoms with van der Waals surface area (Å²) in [6.45, 7) is 1.06. The van der Waals surface area contributed by atoms with E-state index in [0.29, 0.717) is 13.2 Å². The Kier molecular flexibility index (Phi) is 3.44. The maximum Gasteiger partial charge on any atom is 0.128 e. The molecule has 0 radical (unpaired) electrons. The fourth-order valence-electron chi connectivity index (χ4n) is 2.54. The molecule has 3 aromatic rings. The van der Waals surface area contributed by atoms with Gasteiger partial charge in [-0.3, -0.25) is 0 Å². The number of nitrogens with two attached hydrogens (primary N) is 1. The summed E-state index contributed by atoms with van der Waals surface area (Å²) in [5.41, 5.74) is 9.13. The van der Waals surface area contributed by atoms with E-state index in [1.54, 1.807) is 0 Å². The third-order valence-corrected chi connectivity index (χ3v) is 3.45. The maximum atomic E-state index is 5.73. The predicted molar refractivity (Wildman–Crippen MR) is 82.9 cm³/mol. The summed E-state index contributed by atoms with van der Waals surface area (Å²) in [4.78, 5) is 0. The van der Waals surface area contributed by atoms with E-state index in [1.807, 2.05) is 12.1 Å². The van der Waals surface area contributed by atoms with Crippen LogP contribution >= 0.6 is 0 Å². The summed E-state index contributed by atoms with van der Waals surface area (Å²) in [5, 5.41) is 1.13. The number of ether oxygens (including phenoxy) is 1. The molecule has 0 saturated heterocycles. The van der Waals surface area contributed by atoms with Gasteiger partial charge in [0, 0.05) is 30.7 Å². The van der Waals surface area contributed by atoms with Gasteiger partial charge in [-0.05, 0) is 23.8 Å². The van der Waals surface area contributed by atoms with Crippen molar-refractivity contribution in [1.29, 1.82) is 0 Å². The van der Waals surface area contributed by atoms with Crippen molar-refractivity contribution in [2.75, 3.05) is 13.2 Å². The summed E-state index contributed by atoms with van der Waals surface area (Å²) in [6.07, 6.45) is 2.06. The fraction of sp³-hybridized carbons (Fsp3) is 0.176. The molecule has 0 aliphatic rings. The summed E-state index contributed by atoms with van der Waals surface area (Å²) in [5.74, 6) is 0.894. The maximum absolute atomic E-state index is 5.73. The van der Waals surface area contributed by atoms with Gasteiger partial charge >= 0.3 is 0 Å². The molecular formula is C17H18N2O. The number of aryl methyl sites for hydroxylation is 1. The molecule has 0 spiro atoms. The molecule has 0 aliphatic carbocycles. The van der Waals surface area contributed by atoms with Crippen LogP contribution in [0.5, 0.6) is 5.75 Å². The van der Waals surface area contributed by atoms with Crippen LogP contribution in [0.4, 0.5) is 0 Å². The smallest absolute Gasteiger partial charge is 0.128 e. The monoisotopic (exact) mass is 266 g/mol. The zero-order chi connectivity index (χ0) is 13.9. The minimum absolute atomic E-state index is 0.523. The topological polar surface area (TPSA) is 40.2 Å². The van der Waals surface area contributed by atoms with Gasteiger partial charge < -0.3 is 15.0 Å². The summed E-state index contributed by atoms with van der Waals surface area (Å²) < 4.78 is 7.87. The Balaban J connectivity index is 2.18. The number of aromatic nitrogens is 1. The van der Waals surface area contributed by atoms with Crippen molar-refractivity contribution in [2.24, 2.45) is 12.8 Å². The lowest BCUT2D eigenvalue weighted by molar-refractivity contribution is 0.332. The van der Waals surface area contributed by atoms with E-state index in [4.69, 9.17) is 10.5 Å². The highest BCUT2D eigenvalue weighted by Crippen LogP contribution is 2.34. The molecule has 3 rings (SSSR count). The Morgan fingerprint density at radius 2 is 1.85 bits per heavy atom. The number of fused-ring (bicyclic) bond motifs is 1. The average molecular weight is 266 g/mol. The van der Waals surface area contributed by atoms with E-state index < -0.39 is 0 Å². The van der Waals surface area contributed by atoms with Gasteiger partial charge in [0.2, 0.25) is 0 Å². The quantitative estimate of drug-likeness (QED) is 0.788. The number of hydrogen-bond acceptors (Lipinski definition) is 2. The second-order valence-electron chi connectivity index (χ2n) is 4.80. The van der Waals surface area contributed by atoms with Gasteiger partial charge in [0.25, 0.3) is 0 Å². The molecule has 0 bridgehead atoms. The minimum atomic E-state index is 0.523. The van der Waals surface area contributed by atoms with Crippen LogP contribution in [0, 0.1) is 0 Å². The largest absolute Gasteiger partial charge is 0.492 e. The Hall–Kier alpha value is -2.26. The third kappa shape index (κ3) is 2.17. The molecule has 2 aromatic carbocycles. The highest BCUT2D eigenvalue weighted by atomic mass is 16.5. The van der Waals surface area contributed by atoms with Crippen molar-refractivity contribution in [3.63, 3.8) is 0 Å². The van der Waals surface area contributed by atoms with Crippen molar-refractivity contribution in [2.45, 2.75) is 0 Å². The number of benzene rings is 2. The Morgan fingerprint density at radius 1 is 1.05 bits per heavy atom. The van der Waals surface area contributed by atoms with Crippen LogP contribution in [-0.2, 0) is 7.05 Å². The minimum Gasteiger partial charge on any atom is -0.492 e. The molecule has 20 heavy (non-hydrogen) atoms. The van der Waals surface area contributed by atoms with E-state index in [9.17, 15) is 0 Å². The van der Waals surface area contributed by atoms with Crippen LogP contribution in [-0.4, -0.2) is 17.7 Å². The number of hydrogen-bond donors (Lipinski definition) is 1. The predicted octanol–water partition coefficient (Wildman–Crippen LogP) is 3.18. The Morgan fingerprint density at radius 3 is 2.60 bits per heavy atom. The highest BCUT2D eigenvalue weighted by Gasteiger charge is 2.11. The SMILES string of the molecule is Cn1ccc2c(OCCN)ccc(-c3ccccc3)c21. The summed E-state index contributed by atoms with van der Waals surface area (Å²) in [6, 6.07) is 16.6. The summed E-state index contributed by atoms with van der Waals surface area (Å²) >= 11 is 0. The van der Waals surface area contributed by atoms with Gasteiger partial charge in [-0.15, -0.1) is 0 Å². The fourth-order valence-corrected chi connectivity index (χ4v) is 2.54. The molecule has 3 heteroatoms. The van der Waals surface area contributed by atoms with Crippen molar-refractivity contribution < 1.29 is 4.74 Å². The van der Waals surface area contributed by atoms with Crippen molar-refractivity contribution in [1.82, 2.24) is 4.57 Å². The lowest BCUT2D eigenvalue weighted by Crippen LogP contribution is -2.10. The van der Waals surface area contributed by atoms with E-state index in [1.165, 1.54) is 16.6 Å². The lowest BCUT2D eigenvalue weighted by Gasteiger charge is -2.11. The van der Waals surface area contributed by atoms with Crippen molar-refractivity contribution in [3.05, 3.63) is 54.7 Å². The van der Waals surface area contributed by atoms with E-state index in [-0.39, 0.29) is 0 Å². The van der Waals surface area contributed by atoms with Crippen LogP contribution in [0.25, 0.3) is 22.0 Å². The zero-order valence-electron chi connectivity index (χ0n) is 11.5. The lowest BCUT2D eigenvalue weighted by atomic mass is 10.0. The second kappa shape index (κ2) is 5.39.